The highest BCUT2D eigenvalue weighted by Gasteiger charge is 2.14. The van der Waals surface area contributed by atoms with Crippen LogP contribution in [-0.4, -0.2) is 4.57 Å². The van der Waals surface area contributed by atoms with Crippen molar-refractivity contribution in [3.63, 3.8) is 0 Å². The Kier molecular flexibility index (Phi) is 3.72. The quantitative estimate of drug-likeness (QED) is 0.246. The van der Waals surface area contributed by atoms with Crippen molar-refractivity contribution in [2.75, 3.05) is 0 Å². The van der Waals surface area contributed by atoms with Crippen LogP contribution in [-0.2, 0) is 6.54 Å². The molecule has 2 nitrogen and oxygen atoms in total. The summed E-state index contributed by atoms with van der Waals surface area (Å²) in [6.45, 7) is 0.534. The SMILES string of the molecule is O=c1c2ccccc2c2ccccc2n1Cc1c2ccccc2cc2ccccc12. The van der Waals surface area contributed by atoms with Crippen LogP contribution in [0.3, 0.4) is 0 Å². The number of rotatable bonds is 2. The van der Waals surface area contributed by atoms with Crippen LogP contribution in [0, 0.1) is 0 Å². The van der Waals surface area contributed by atoms with Crippen molar-refractivity contribution >= 4 is 43.2 Å². The second kappa shape index (κ2) is 6.57. The van der Waals surface area contributed by atoms with Gasteiger partial charge in [-0.15, -0.1) is 0 Å². The van der Waals surface area contributed by atoms with Gasteiger partial charge in [0, 0.05) is 10.8 Å². The number of para-hydroxylation sites is 1. The van der Waals surface area contributed by atoms with Gasteiger partial charge < -0.3 is 4.57 Å². The van der Waals surface area contributed by atoms with Gasteiger partial charge in [-0.25, -0.2) is 0 Å². The largest absolute Gasteiger partial charge is 0.303 e. The van der Waals surface area contributed by atoms with E-state index >= 15 is 0 Å². The van der Waals surface area contributed by atoms with Gasteiger partial charge in [-0.1, -0.05) is 84.9 Å². The topological polar surface area (TPSA) is 22.0 Å². The number of fused-ring (bicyclic) bond motifs is 5. The molecule has 0 spiro atoms. The van der Waals surface area contributed by atoms with Crippen molar-refractivity contribution in [1.29, 1.82) is 0 Å². The summed E-state index contributed by atoms with van der Waals surface area (Å²) in [6, 6.07) is 35.2. The maximum absolute atomic E-state index is 13.6. The molecule has 1 heterocycles. The van der Waals surface area contributed by atoms with Crippen LogP contribution < -0.4 is 5.56 Å². The fourth-order valence-corrected chi connectivity index (χ4v) is 4.69. The van der Waals surface area contributed by atoms with Crippen LogP contribution in [0.4, 0.5) is 0 Å². The highest BCUT2D eigenvalue weighted by atomic mass is 16.1. The van der Waals surface area contributed by atoms with Crippen LogP contribution in [0.2, 0.25) is 0 Å². The van der Waals surface area contributed by atoms with Crippen molar-refractivity contribution in [2.24, 2.45) is 0 Å². The predicted octanol–water partition coefficient (Wildman–Crippen LogP) is 6.51. The first-order chi connectivity index (χ1) is 14.8. The summed E-state index contributed by atoms with van der Waals surface area (Å²) < 4.78 is 1.94. The first-order valence-electron chi connectivity index (χ1n) is 10.2. The lowest BCUT2D eigenvalue weighted by Gasteiger charge is -2.16. The zero-order chi connectivity index (χ0) is 20.1. The van der Waals surface area contributed by atoms with Gasteiger partial charge in [-0.3, -0.25) is 4.79 Å². The molecule has 0 saturated carbocycles. The normalized spacial score (nSPS) is 11.6. The Balaban J connectivity index is 1.73. The molecule has 0 aliphatic carbocycles. The molecule has 0 N–H and O–H groups in total. The Hall–Kier alpha value is -3.91. The molecule has 0 aliphatic rings. The lowest BCUT2D eigenvalue weighted by atomic mass is 9.96. The molecule has 6 rings (SSSR count). The van der Waals surface area contributed by atoms with Crippen LogP contribution in [0.15, 0.2) is 108 Å². The Labute approximate surface area is 173 Å². The summed E-state index contributed by atoms with van der Waals surface area (Å²) in [5, 5.41) is 7.67. The third-order valence-electron chi connectivity index (χ3n) is 6.09. The molecule has 0 atom stereocenters. The van der Waals surface area contributed by atoms with Gasteiger partial charge in [0.2, 0.25) is 0 Å². The van der Waals surface area contributed by atoms with Gasteiger partial charge in [-0.05, 0) is 50.7 Å². The zero-order valence-corrected chi connectivity index (χ0v) is 16.4. The molecule has 0 unspecified atom stereocenters. The van der Waals surface area contributed by atoms with E-state index in [2.05, 4.69) is 66.7 Å². The number of hydrogen-bond acceptors (Lipinski definition) is 1. The second-order valence-electron chi connectivity index (χ2n) is 7.75. The van der Waals surface area contributed by atoms with Gasteiger partial charge in [0.05, 0.1) is 12.1 Å². The third kappa shape index (κ3) is 2.47. The molecule has 0 radical (unpaired) electrons. The fraction of sp³-hybridized carbons (Fsp3) is 0.0357. The number of aromatic nitrogens is 1. The average Bonchev–Trinajstić information content (AvgIpc) is 2.81. The van der Waals surface area contributed by atoms with Crippen molar-refractivity contribution in [3.05, 3.63) is 119 Å². The van der Waals surface area contributed by atoms with Crippen molar-refractivity contribution in [3.8, 4) is 0 Å². The maximum Gasteiger partial charge on any atom is 0.259 e. The molecular weight excluding hydrogens is 366 g/mol. The Morgan fingerprint density at radius 1 is 0.533 bits per heavy atom. The van der Waals surface area contributed by atoms with E-state index in [4.69, 9.17) is 0 Å². The zero-order valence-electron chi connectivity index (χ0n) is 16.4. The minimum atomic E-state index is 0.0568. The number of benzene rings is 5. The molecule has 0 aliphatic heterocycles. The summed E-state index contributed by atoms with van der Waals surface area (Å²) in [5.74, 6) is 0. The molecule has 6 aromatic rings. The van der Waals surface area contributed by atoms with E-state index in [1.807, 2.05) is 41.0 Å². The second-order valence-corrected chi connectivity index (χ2v) is 7.75. The molecule has 5 aromatic carbocycles. The van der Waals surface area contributed by atoms with Crippen molar-refractivity contribution in [2.45, 2.75) is 6.54 Å². The summed E-state index contributed by atoms with van der Waals surface area (Å²) in [5.41, 5.74) is 2.21. The first kappa shape index (κ1) is 17.0. The highest BCUT2D eigenvalue weighted by Crippen LogP contribution is 2.30. The molecule has 2 heteroatoms. The van der Waals surface area contributed by atoms with Gasteiger partial charge >= 0.3 is 0 Å². The third-order valence-corrected chi connectivity index (χ3v) is 6.09. The van der Waals surface area contributed by atoms with E-state index in [0.717, 1.165) is 21.7 Å². The summed E-state index contributed by atoms with van der Waals surface area (Å²) in [7, 11) is 0. The predicted molar refractivity (Wildman–Crippen MR) is 126 cm³/mol. The van der Waals surface area contributed by atoms with E-state index in [-0.39, 0.29) is 5.56 Å². The standard InChI is InChI=1S/C28H19NO/c30-28-25-15-6-5-13-23(25)24-14-7-8-16-27(24)29(28)18-26-21-11-3-1-9-19(21)17-20-10-2-4-12-22(20)26/h1-17H,18H2. The van der Waals surface area contributed by atoms with E-state index < -0.39 is 0 Å². The minimum Gasteiger partial charge on any atom is -0.303 e. The first-order valence-corrected chi connectivity index (χ1v) is 10.2. The average molecular weight is 385 g/mol. The van der Waals surface area contributed by atoms with Crippen molar-refractivity contribution in [1.82, 2.24) is 4.57 Å². The number of nitrogens with zero attached hydrogens (tertiary/aromatic N) is 1. The van der Waals surface area contributed by atoms with E-state index in [0.29, 0.717) is 6.54 Å². The molecule has 30 heavy (non-hydrogen) atoms. The Bertz CT molecular complexity index is 1590. The molecular formula is C28H19NO. The molecule has 142 valence electrons. The van der Waals surface area contributed by atoms with Crippen LogP contribution in [0.25, 0.3) is 43.2 Å². The van der Waals surface area contributed by atoms with E-state index in [1.54, 1.807) is 0 Å². The van der Waals surface area contributed by atoms with Gasteiger partial charge in [0.25, 0.3) is 5.56 Å². The highest BCUT2D eigenvalue weighted by molar-refractivity contribution is 6.06. The Morgan fingerprint density at radius 2 is 1.03 bits per heavy atom. The smallest absolute Gasteiger partial charge is 0.259 e. The van der Waals surface area contributed by atoms with E-state index in [1.165, 1.54) is 27.1 Å². The van der Waals surface area contributed by atoms with Gasteiger partial charge in [0.15, 0.2) is 0 Å². The summed E-state index contributed by atoms with van der Waals surface area (Å²) in [6.07, 6.45) is 0. The summed E-state index contributed by atoms with van der Waals surface area (Å²) in [4.78, 5) is 13.6. The van der Waals surface area contributed by atoms with Crippen molar-refractivity contribution < 1.29 is 0 Å². The maximum atomic E-state index is 13.6. The Morgan fingerprint density at radius 3 is 1.70 bits per heavy atom. The molecule has 0 fully saturated rings. The monoisotopic (exact) mass is 385 g/mol. The lowest BCUT2D eigenvalue weighted by Crippen LogP contribution is -2.21. The minimum absolute atomic E-state index is 0.0568. The molecule has 1 aromatic heterocycles. The van der Waals surface area contributed by atoms with Gasteiger partial charge in [0.1, 0.15) is 0 Å². The lowest BCUT2D eigenvalue weighted by molar-refractivity contribution is 0.813. The van der Waals surface area contributed by atoms with Gasteiger partial charge in [-0.2, -0.15) is 0 Å². The number of hydrogen-bond donors (Lipinski definition) is 0. The molecule has 0 amide bonds. The molecule has 0 bridgehead atoms. The summed E-state index contributed by atoms with van der Waals surface area (Å²) >= 11 is 0. The van der Waals surface area contributed by atoms with Crippen LogP contribution in [0.1, 0.15) is 5.56 Å². The fourth-order valence-electron chi connectivity index (χ4n) is 4.69. The molecule has 0 saturated heterocycles. The van der Waals surface area contributed by atoms with Crippen LogP contribution in [0.5, 0.6) is 0 Å². The van der Waals surface area contributed by atoms with E-state index in [9.17, 15) is 4.79 Å². The number of pyridine rings is 1. The van der Waals surface area contributed by atoms with Crippen LogP contribution >= 0.6 is 0 Å².